The van der Waals surface area contributed by atoms with Gasteiger partial charge in [0.05, 0.1) is 6.04 Å². The quantitative estimate of drug-likeness (QED) is 0.158. The molecule has 38 heavy (non-hydrogen) atoms. The molecule has 2 aromatic rings. The van der Waals surface area contributed by atoms with Crippen LogP contribution in [0.3, 0.4) is 0 Å². The molecule has 0 heterocycles. The molecule has 4 N–H and O–H groups in total. The fourth-order valence-electron chi connectivity index (χ4n) is 2.94. The number of carbonyl (C=O) groups is 5. The number of nitrogens with one attached hydrogen (secondary N) is 2. The van der Waals surface area contributed by atoms with Crippen LogP contribution < -0.4 is 21.1 Å². The minimum atomic E-state index is -1.88. The third-order valence-electron chi connectivity index (χ3n) is 4.98. The van der Waals surface area contributed by atoms with Crippen LogP contribution in [-0.2, 0) is 35.3 Å². The summed E-state index contributed by atoms with van der Waals surface area (Å²) in [6, 6.07) is 5.65. The summed E-state index contributed by atoms with van der Waals surface area (Å²) >= 11 is 0. The monoisotopic (exact) mass is 541 g/mol. The van der Waals surface area contributed by atoms with E-state index in [9.17, 15) is 41.5 Å². The van der Waals surface area contributed by atoms with Gasteiger partial charge in [-0.05, 0) is 18.9 Å². The molecule has 0 aliphatic rings. The Morgan fingerprint density at radius 2 is 1.55 bits per heavy atom. The Bertz CT molecular complexity index is 1180. The van der Waals surface area contributed by atoms with Gasteiger partial charge in [0.25, 0.3) is 0 Å². The number of benzene rings is 2. The highest BCUT2D eigenvalue weighted by molar-refractivity contribution is 6.34. The summed E-state index contributed by atoms with van der Waals surface area (Å²) in [5.74, 6) is -14.3. The summed E-state index contributed by atoms with van der Waals surface area (Å²) < 4.78 is 64.2. The fraction of sp³-hybridized carbons (Fsp3) is 0.292. The molecule has 0 aliphatic carbocycles. The fourth-order valence-corrected chi connectivity index (χ4v) is 2.94. The maximum atomic E-state index is 13.8. The van der Waals surface area contributed by atoms with Crippen LogP contribution in [0.2, 0.25) is 0 Å². The first-order chi connectivity index (χ1) is 17.9. The van der Waals surface area contributed by atoms with Gasteiger partial charge in [-0.2, -0.15) is 8.78 Å². The molecular formula is C24H23F4N3O7. The summed E-state index contributed by atoms with van der Waals surface area (Å²) in [5, 5.41) is 4.17. The zero-order chi connectivity index (χ0) is 28.4. The first-order valence-corrected chi connectivity index (χ1v) is 11.0. The molecule has 2 rings (SSSR count). The maximum Gasteiger partial charge on any atom is 0.309 e. The van der Waals surface area contributed by atoms with E-state index < -0.39 is 83.6 Å². The Morgan fingerprint density at radius 1 is 0.947 bits per heavy atom. The van der Waals surface area contributed by atoms with Crippen LogP contribution >= 0.6 is 0 Å². The molecule has 3 amide bonds. The molecule has 2 atom stereocenters. The van der Waals surface area contributed by atoms with E-state index >= 15 is 0 Å². The lowest BCUT2D eigenvalue weighted by Gasteiger charge is -2.21. The number of Topliss-reactive ketones (excluding diaryl/α,β-unsaturated/α-hetero) is 1. The minimum Gasteiger partial charge on any atom is -0.479 e. The summed E-state index contributed by atoms with van der Waals surface area (Å²) in [7, 11) is 0. The van der Waals surface area contributed by atoms with Crippen molar-refractivity contribution in [1.29, 1.82) is 0 Å². The zero-order valence-electron chi connectivity index (χ0n) is 19.9. The normalized spacial score (nSPS) is 12.1. The lowest BCUT2D eigenvalue weighted by Crippen LogP contribution is -2.53. The Morgan fingerprint density at radius 3 is 2.13 bits per heavy atom. The highest BCUT2D eigenvalue weighted by Gasteiger charge is 2.28. The van der Waals surface area contributed by atoms with Gasteiger partial charge in [0.2, 0.25) is 17.5 Å². The summed E-state index contributed by atoms with van der Waals surface area (Å²) in [5.41, 5.74) is 5.49. The van der Waals surface area contributed by atoms with Crippen molar-refractivity contribution in [3.8, 4) is 5.75 Å². The molecule has 0 saturated carbocycles. The molecule has 0 bridgehead atoms. The van der Waals surface area contributed by atoms with Gasteiger partial charge in [-0.1, -0.05) is 30.3 Å². The van der Waals surface area contributed by atoms with E-state index in [0.29, 0.717) is 5.56 Å². The molecule has 2 aromatic carbocycles. The number of hydrogen-bond acceptors (Lipinski definition) is 7. The van der Waals surface area contributed by atoms with Gasteiger partial charge in [0, 0.05) is 12.5 Å². The van der Waals surface area contributed by atoms with E-state index in [4.69, 9.17) is 10.5 Å². The number of primary amides is 1. The van der Waals surface area contributed by atoms with Crippen molar-refractivity contribution >= 4 is 29.5 Å². The molecule has 0 radical (unpaired) electrons. The lowest BCUT2D eigenvalue weighted by molar-refractivity contribution is -0.145. The second-order valence-electron chi connectivity index (χ2n) is 7.86. The summed E-state index contributed by atoms with van der Waals surface area (Å²) in [4.78, 5) is 59.6. The largest absolute Gasteiger partial charge is 0.479 e. The standard InChI is InChI=1S/C24H23F4N3O7/c1-12(30-24(36)22(29)34)23(35)31-16(7-8-18(33)37-10-13-5-3-2-4-6-13)17(32)11-38-21-19(27)14(25)9-15(26)20(21)28/h2-6,9,12,16H,7-8,10-11H2,1H3,(H2,29,34)(H,30,36)(H,31,35)/t12-,16-/m0/s1. The smallest absolute Gasteiger partial charge is 0.309 e. The highest BCUT2D eigenvalue weighted by atomic mass is 19.2. The third kappa shape index (κ3) is 8.57. The summed E-state index contributed by atoms with van der Waals surface area (Å²) in [6.45, 7) is -0.0843. The van der Waals surface area contributed by atoms with Crippen LogP contribution in [0, 0.1) is 23.3 Å². The molecule has 0 aromatic heterocycles. The van der Waals surface area contributed by atoms with Crippen LogP contribution in [0.5, 0.6) is 5.75 Å². The van der Waals surface area contributed by atoms with Gasteiger partial charge in [-0.25, -0.2) is 8.78 Å². The van der Waals surface area contributed by atoms with Crippen molar-refractivity contribution in [2.75, 3.05) is 6.61 Å². The first-order valence-electron chi connectivity index (χ1n) is 11.0. The number of ketones is 1. The molecule has 10 nitrogen and oxygen atoms in total. The number of rotatable bonds is 12. The molecule has 204 valence electrons. The molecule has 0 fully saturated rings. The van der Waals surface area contributed by atoms with Crippen LogP contribution in [0.1, 0.15) is 25.3 Å². The van der Waals surface area contributed by atoms with Crippen molar-refractivity contribution < 1.29 is 51.0 Å². The van der Waals surface area contributed by atoms with Crippen LogP contribution in [0.25, 0.3) is 0 Å². The van der Waals surface area contributed by atoms with Gasteiger partial charge in [-0.3, -0.25) is 24.0 Å². The van der Waals surface area contributed by atoms with Crippen LogP contribution in [0.15, 0.2) is 36.4 Å². The number of hydrogen-bond donors (Lipinski definition) is 3. The molecule has 0 saturated heterocycles. The van der Waals surface area contributed by atoms with Crippen molar-refractivity contribution in [3.63, 3.8) is 0 Å². The molecule has 0 aliphatic heterocycles. The van der Waals surface area contributed by atoms with Gasteiger partial charge < -0.3 is 25.8 Å². The molecular weight excluding hydrogens is 518 g/mol. The van der Waals surface area contributed by atoms with E-state index in [1.54, 1.807) is 30.3 Å². The van der Waals surface area contributed by atoms with Crippen molar-refractivity contribution in [2.45, 2.75) is 38.5 Å². The predicted molar refractivity (Wildman–Crippen MR) is 121 cm³/mol. The lowest BCUT2D eigenvalue weighted by atomic mass is 10.1. The first kappa shape index (κ1) is 29.7. The Hall–Kier alpha value is -4.49. The second-order valence-corrected chi connectivity index (χ2v) is 7.86. The van der Waals surface area contributed by atoms with Crippen LogP contribution in [-0.4, -0.2) is 48.2 Å². The number of carbonyl (C=O) groups excluding carboxylic acids is 5. The topological polar surface area (TPSA) is 154 Å². The molecule has 14 heteroatoms. The average Bonchev–Trinajstić information content (AvgIpc) is 2.88. The van der Waals surface area contributed by atoms with E-state index in [0.717, 1.165) is 6.92 Å². The Balaban J connectivity index is 2.09. The third-order valence-corrected chi connectivity index (χ3v) is 4.98. The minimum absolute atomic E-state index is 0.0504. The van der Waals surface area contributed by atoms with E-state index in [-0.39, 0.29) is 19.1 Å². The van der Waals surface area contributed by atoms with Crippen molar-refractivity contribution in [1.82, 2.24) is 10.6 Å². The Labute approximate surface area is 213 Å². The van der Waals surface area contributed by atoms with Gasteiger partial charge in [-0.15, -0.1) is 0 Å². The van der Waals surface area contributed by atoms with E-state index in [1.165, 1.54) is 0 Å². The number of halogens is 4. The number of esters is 1. The predicted octanol–water partition coefficient (Wildman–Crippen LogP) is 1.19. The average molecular weight is 541 g/mol. The van der Waals surface area contributed by atoms with Crippen LogP contribution in [0.4, 0.5) is 17.6 Å². The van der Waals surface area contributed by atoms with Crippen molar-refractivity contribution in [3.05, 3.63) is 65.2 Å². The van der Waals surface area contributed by atoms with Gasteiger partial charge in [0.15, 0.2) is 23.2 Å². The Kier molecular flexibility index (Phi) is 10.7. The molecule has 0 unspecified atom stereocenters. The second kappa shape index (κ2) is 13.7. The summed E-state index contributed by atoms with van der Waals surface area (Å²) in [6.07, 6.45) is -0.802. The van der Waals surface area contributed by atoms with E-state index in [1.807, 2.05) is 5.32 Å². The number of nitrogens with two attached hydrogens (primary N) is 1. The molecule has 0 spiro atoms. The van der Waals surface area contributed by atoms with Gasteiger partial charge in [0.1, 0.15) is 19.3 Å². The van der Waals surface area contributed by atoms with E-state index in [2.05, 4.69) is 10.1 Å². The van der Waals surface area contributed by atoms with Gasteiger partial charge >= 0.3 is 17.8 Å². The number of amides is 3. The SMILES string of the molecule is C[C@H](NC(=O)C(N)=O)C(=O)N[C@@H](CCC(=O)OCc1ccccc1)C(=O)COc1c(F)c(F)cc(F)c1F. The number of ether oxygens (including phenoxy) is 2. The highest BCUT2D eigenvalue weighted by Crippen LogP contribution is 2.26. The van der Waals surface area contributed by atoms with Crippen molar-refractivity contribution in [2.24, 2.45) is 5.73 Å². The zero-order valence-corrected chi connectivity index (χ0v) is 19.9. The maximum absolute atomic E-state index is 13.8.